The molecule has 0 bridgehead atoms. The average Bonchev–Trinajstić information content (AvgIpc) is 2.27. The van der Waals surface area contributed by atoms with Gasteiger partial charge >= 0.3 is 0 Å². The maximum atomic E-state index is 5.98. The van der Waals surface area contributed by atoms with E-state index in [1.54, 1.807) is 0 Å². The van der Waals surface area contributed by atoms with Gasteiger partial charge in [-0.25, -0.2) is 0 Å². The number of benzene rings is 2. The lowest BCUT2D eigenvalue weighted by atomic mass is 10.1. The minimum absolute atomic E-state index is 0.521. The van der Waals surface area contributed by atoms with E-state index in [0.29, 0.717) is 12.3 Å². The Morgan fingerprint density at radius 2 is 1.94 bits per heavy atom. The summed E-state index contributed by atoms with van der Waals surface area (Å²) in [5.41, 5.74) is 10.0. The summed E-state index contributed by atoms with van der Waals surface area (Å²) < 4.78 is 6.87. The molecule has 0 unspecified atom stereocenters. The lowest BCUT2D eigenvalue weighted by Gasteiger charge is -2.13. The van der Waals surface area contributed by atoms with Gasteiger partial charge in [0.25, 0.3) is 0 Å². The van der Waals surface area contributed by atoms with Crippen LogP contribution in [0.25, 0.3) is 0 Å². The smallest absolute Gasteiger partial charge is 0.145 e. The molecule has 0 heterocycles. The van der Waals surface area contributed by atoms with E-state index < -0.39 is 0 Å². The highest BCUT2D eigenvalue weighted by Gasteiger charge is 2.06. The molecule has 2 N–H and O–H groups in total. The summed E-state index contributed by atoms with van der Waals surface area (Å²) in [7, 11) is 0. The molecular formula is C15H16BrNO. The van der Waals surface area contributed by atoms with E-state index in [9.17, 15) is 0 Å². The number of nitrogens with two attached hydrogens (primary N) is 1. The standard InChI is InChI=1S/C15H16BrNO/c1-10-6-11(2)15(14(17)7-10)18-9-12-4-3-5-13(16)8-12/h3-8H,9,17H2,1-2H3. The fourth-order valence-corrected chi connectivity index (χ4v) is 2.41. The summed E-state index contributed by atoms with van der Waals surface area (Å²) in [6.07, 6.45) is 0. The molecule has 2 rings (SSSR count). The molecule has 0 aliphatic carbocycles. The molecule has 0 aromatic heterocycles. The Morgan fingerprint density at radius 1 is 1.17 bits per heavy atom. The molecule has 3 heteroatoms. The summed E-state index contributed by atoms with van der Waals surface area (Å²) >= 11 is 3.45. The molecule has 0 aliphatic rings. The number of hydrogen-bond donors (Lipinski definition) is 1. The van der Waals surface area contributed by atoms with Crippen molar-refractivity contribution in [3.8, 4) is 5.75 Å². The first-order valence-electron chi connectivity index (χ1n) is 5.80. The monoisotopic (exact) mass is 305 g/mol. The average molecular weight is 306 g/mol. The number of ether oxygens (including phenoxy) is 1. The highest BCUT2D eigenvalue weighted by molar-refractivity contribution is 9.10. The predicted octanol–water partition coefficient (Wildman–Crippen LogP) is 4.23. The van der Waals surface area contributed by atoms with Gasteiger partial charge in [-0.05, 0) is 48.7 Å². The van der Waals surface area contributed by atoms with Gasteiger partial charge in [0.1, 0.15) is 12.4 Å². The summed E-state index contributed by atoms with van der Waals surface area (Å²) in [4.78, 5) is 0. The van der Waals surface area contributed by atoms with Crippen LogP contribution < -0.4 is 10.5 Å². The van der Waals surface area contributed by atoms with E-state index in [1.165, 1.54) is 0 Å². The van der Waals surface area contributed by atoms with E-state index in [1.807, 2.05) is 44.2 Å². The summed E-state index contributed by atoms with van der Waals surface area (Å²) in [5.74, 6) is 0.778. The molecule has 0 atom stereocenters. The molecule has 0 spiro atoms. The van der Waals surface area contributed by atoms with Gasteiger partial charge in [-0.15, -0.1) is 0 Å². The quantitative estimate of drug-likeness (QED) is 0.861. The van der Waals surface area contributed by atoms with Crippen molar-refractivity contribution >= 4 is 21.6 Å². The molecule has 0 saturated carbocycles. The second-order valence-corrected chi connectivity index (χ2v) is 5.33. The molecule has 0 amide bonds. The van der Waals surface area contributed by atoms with Crippen LogP contribution in [0.3, 0.4) is 0 Å². The van der Waals surface area contributed by atoms with Crippen molar-refractivity contribution in [2.75, 3.05) is 5.73 Å². The van der Waals surface area contributed by atoms with E-state index >= 15 is 0 Å². The van der Waals surface area contributed by atoms with Crippen molar-refractivity contribution in [1.29, 1.82) is 0 Å². The van der Waals surface area contributed by atoms with E-state index in [4.69, 9.17) is 10.5 Å². The van der Waals surface area contributed by atoms with Crippen LogP contribution in [0, 0.1) is 13.8 Å². The lowest BCUT2D eigenvalue weighted by Crippen LogP contribution is -2.01. The molecule has 18 heavy (non-hydrogen) atoms. The Bertz CT molecular complexity index is 543. The Morgan fingerprint density at radius 3 is 2.61 bits per heavy atom. The molecule has 94 valence electrons. The van der Waals surface area contributed by atoms with Crippen molar-refractivity contribution < 1.29 is 4.74 Å². The van der Waals surface area contributed by atoms with Crippen molar-refractivity contribution in [3.63, 3.8) is 0 Å². The van der Waals surface area contributed by atoms with Gasteiger partial charge in [-0.1, -0.05) is 34.1 Å². The van der Waals surface area contributed by atoms with Crippen molar-refractivity contribution in [1.82, 2.24) is 0 Å². The number of nitrogen functional groups attached to an aromatic ring is 1. The Balaban J connectivity index is 2.16. The molecule has 2 aromatic carbocycles. The van der Waals surface area contributed by atoms with Crippen molar-refractivity contribution in [2.24, 2.45) is 0 Å². The van der Waals surface area contributed by atoms with E-state index in [0.717, 1.165) is 26.9 Å². The van der Waals surface area contributed by atoms with Gasteiger partial charge in [-0.2, -0.15) is 0 Å². The SMILES string of the molecule is Cc1cc(C)c(OCc2cccc(Br)c2)c(N)c1. The molecule has 0 saturated heterocycles. The second kappa shape index (κ2) is 5.44. The predicted molar refractivity (Wildman–Crippen MR) is 78.8 cm³/mol. The van der Waals surface area contributed by atoms with Gasteiger partial charge in [0.05, 0.1) is 5.69 Å². The van der Waals surface area contributed by atoms with Crippen LogP contribution in [0.15, 0.2) is 40.9 Å². The molecular weight excluding hydrogens is 290 g/mol. The zero-order valence-corrected chi connectivity index (χ0v) is 12.1. The summed E-state index contributed by atoms with van der Waals surface area (Å²) in [6, 6.07) is 12.1. The van der Waals surface area contributed by atoms with E-state index in [2.05, 4.69) is 22.0 Å². The normalized spacial score (nSPS) is 10.4. The lowest BCUT2D eigenvalue weighted by molar-refractivity contribution is 0.306. The maximum Gasteiger partial charge on any atom is 0.145 e. The van der Waals surface area contributed by atoms with Crippen LogP contribution in [0.5, 0.6) is 5.75 Å². The van der Waals surface area contributed by atoms with Crippen LogP contribution in [0.4, 0.5) is 5.69 Å². The first-order valence-corrected chi connectivity index (χ1v) is 6.59. The zero-order valence-electron chi connectivity index (χ0n) is 10.5. The number of rotatable bonds is 3. The highest BCUT2D eigenvalue weighted by atomic mass is 79.9. The van der Waals surface area contributed by atoms with Crippen LogP contribution in [0.2, 0.25) is 0 Å². The minimum Gasteiger partial charge on any atom is -0.486 e. The largest absolute Gasteiger partial charge is 0.486 e. The van der Waals surface area contributed by atoms with Crippen LogP contribution in [-0.4, -0.2) is 0 Å². The topological polar surface area (TPSA) is 35.2 Å². The Hall–Kier alpha value is -1.48. The third-order valence-corrected chi connectivity index (χ3v) is 3.21. The Kier molecular flexibility index (Phi) is 3.92. The highest BCUT2D eigenvalue weighted by Crippen LogP contribution is 2.28. The van der Waals surface area contributed by atoms with Gasteiger partial charge in [0.15, 0.2) is 0 Å². The second-order valence-electron chi connectivity index (χ2n) is 4.42. The fraction of sp³-hybridized carbons (Fsp3) is 0.200. The maximum absolute atomic E-state index is 5.98. The van der Waals surface area contributed by atoms with Gasteiger partial charge in [0.2, 0.25) is 0 Å². The van der Waals surface area contributed by atoms with E-state index in [-0.39, 0.29) is 0 Å². The zero-order chi connectivity index (χ0) is 13.1. The molecule has 2 aromatic rings. The fourth-order valence-electron chi connectivity index (χ4n) is 1.97. The molecule has 0 fully saturated rings. The summed E-state index contributed by atoms with van der Waals surface area (Å²) in [6.45, 7) is 4.56. The first kappa shape index (κ1) is 13.0. The third-order valence-electron chi connectivity index (χ3n) is 2.72. The van der Waals surface area contributed by atoms with Crippen LogP contribution in [0.1, 0.15) is 16.7 Å². The Labute approximate surface area is 116 Å². The van der Waals surface area contributed by atoms with Crippen molar-refractivity contribution in [2.45, 2.75) is 20.5 Å². The van der Waals surface area contributed by atoms with Gasteiger partial charge in [0, 0.05) is 4.47 Å². The molecule has 0 aliphatic heterocycles. The number of hydrogen-bond acceptors (Lipinski definition) is 2. The van der Waals surface area contributed by atoms with Crippen molar-refractivity contribution in [3.05, 3.63) is 57.6 Å². The van der Waals surface area contributed by atoms with Crippen LogP contribution >= 0.6 is 15.9 Å². The number of anilines is 1. The third kappa shape index (κ3) is 3.05. The van der Waals surface area contributed by atoms with Gasteiger partial charge in [-0.3, -0.25) is 0 Å². The number of halogens is 1. The van der Waals surface area contributed by atoms with Gasteiger partial charge < -0.3 is 10.5 Å². The van der Waals surface area contributed by atoms with Crippen LogP contribution in [-0.2, 0) is 6.61 Å². The summed E-state index contributed by atoms with van der Waals surface area (Å²) in [5, 5.41) is 0. The minimum atomic E-state index is 0.521. The first-order chi connectivity index (χ1) is 8.56. The molecule has 0 radical (unpaired) electrons. The number of aryl methyl sites for hydroxylation is 2. The molecule has 2 nitrogen and oxygen atoms in total.